The minimum Gasteiger partial charge on any atom is -0.339 e. The van der Waals surface area contributed by atoms with Crippen molar-refractivity contribution in [3.63, 3.8) is 0 Å². The van der Waals surface area contributed by atoms with Crippen LogP contribution in [0.1, 0.15) is 58.3 Å². The molecule has 1 fully saturated rings. The van der Waals surface area contributed by atoms with E-state index in [0.29, 0.717) is 25.9 Å². The lowest BCUT2D eigenvalue weighted by molar-refractivity contribution is -0.133. The molecule has 0 bridgehead atoms. The summed E-state index contributed by atoms with van der Waals surface area (Å²) in [7, 11) is -2.94. The monoisotopic (exact) mass is 318 g/mol. The molecule has 0 spiro atoms. The largest absolute Gasteiger partial charge is 0.339 e. The fourth-order valence-electron chi connectivity index (χ4n) is 2.78. The summed E-state index contributed by atoms with van der Waals surface area (Å²) in [6, 6.07) is -0.0990. The zero-order valence-corrected chi connectivity index (χ0v) is 14.0. The number of hydrogen-bond donors (Lipinski definition) is 1. The van der Waals surface area contributed by atoms with Gasteiger partial charge in [-0.15, -0.1) is 0 Å². The quantitative estimate of drug-likeness (QED) is 0.622. The molecule has 2 N–H and O–H groups in total. The van der Waals surface area contributed by atoms with E-state index in [9.17, 15) is 13.2 Å². The van der Waals surface area contributed by atoms with Crippen LogP contribution in [0.5, 0.6) is 0 Å². The molecule has 1 atom stereocenters. The van der Waals surface area contributed by atoms with Crippen LogP contribution in [0.3, 0.4) is 0 Å². The number of hydrogen-bond acceptors (Lipinski definition) is 4. The van der Waals surface area contributed by atoms with Crippen molar-refractivity contribution in [2.75, 3.05) is 24.6 Å². The van der Waals surface area contributed by atoms with E-state index in [4.69, 9.17) is 5.73 Å². The first-order valence-corrected chi connectivity index (χ1v) is 10.0. The van der Waals surface area contributed by atoms with Crippen LogP contribution in [0.15, 0.2) is 0 Å². The van der Waals surface area contributed by atoms with Crippen molar-refractivity contribution in [2.24, 2.45) is 5.73 Å². The molecule has 0 radical (unpaired) electrons. The van der Waals surface area contributed by atoms with Gasteiger partial charge in [0.25, 0.3) is 0 Å². The Morgan fingerprint density at radius 3 is 2.48 bits per heavy atom. The van der Waals surface area contributed by atoms with Crippen molar-refractivity contribution in [1.82, 2.24) is 4.90 Å². The lowest BCUT2D eigenvalue weighted by Gasteiger charge is -2.28. The van der Waals surface area contributed by atoms with Crippen LogP contribution < -0.4 is 5.73 Å². The van der Waals surface area contributed by atoms with Crippen molar-refractivity contribution < 1.29 is 13.2 Å². The maximum Gasteiger partial charge on any atom is 0.222 e. The molecule has 1 rings (SSSR count). The lowest BCUT2D eigenvalue weighted by Crippen LogP contribution is -2.41. The number of nitrogens with two attached hydrogens (primary N) is 1. The standard InChI is InChI=1S/C15H30N2O3S/c1-2-3-11-17(14-9-12-21(19,20)13-14)15(18)8-6-4-5-7-10-16/h14H,2-13,16H2,1H3. The number of nitrogens with zero attached hydrogens (tertiary/aromatic N) is 1. The maximum absolute atomic E-state index is 12.4. The first kappa shape index (κ1) is 18.4. The van der Waals surface area contributed by atoms with Crippen LogP contribution in [0.4, 0.5) is 0 Å². The Hall–Kier alpha value is -0.620. The van der Waals surface area contributed by atoms with E-state index in [1.165, 1.54) is 0 Å². The van der Waals surface area contributed by atoms with Crippen molar-refractivity contribution >= 4 is 15.7 Å². The lowest BCUT2D eigenvalue weighted by atomic mass is 10.1. The summed E-state index contributed by atoms with van der Waals surface area (Å²) in [5, 5.41) is 0. The molecule has 21 heavy (non-hydrogen) atoms. The highest BCUT2D eigenvalue weighted by Gasteiger charge is 2.33. The van der Waals surface area contributed by atoms with E-state index in [-0.39, 0.29) is 23.5 Å². The van der Waals surface area contributed by atoms with Crippen LogP contribution in [0, 0.1) is 0 Å². The van der Waals surface area contributed by atoms with E-state index in [1.807, 2.05) is 4.90 Å². The van der Waals surface area contributed by atoms with Gasteiger partial charge in [-0.25, -0.2) is 8.42 Å². The first-order valence-electron chi connectivity index (χ1n) is 8.20. The van der Waals surface area contributed by atoms with Gasteiger partial charge >= 0.3 is 0 Å². The minimum atomic E-state index is -2.94. The maximum atomic E-state index is 12.4. The van der Waals surface area contributed by atoms with E-state index in [2.05, 4.69) is 6.92 Å². The van der Waals surface area contributed by atoms with Gasteiger partial charge in [0.05, 0.1) is 11.5 Å². The second-order valence-corrected chi connectivity index (χ2v) is 8.18. The number of rotatable bonds is 10. The highest BCUT2D eigenvalue weighted by atomic mass is 32.2. The summed E-state index contributed by atoms with van der Waals surface area (Å²) < 4.78 is 23.2. The molecule has 0 aromatic heterocycles. The molecule has 0 aliphatic carbocycles. The zero-order chi connectivity index (χ0) is 15.7. The Balaban J connectivity index is 2.46. The van der Waals surface area contributed by atoms with Gasteiger partial charge in [0.1, 0.15) is 0 Å². The smallest absolute Gasteiger partial charge is 0.222 e. The molecule has 124 valence electrons. The highest BCUT2D eigenvalue weighted by molar-refractivity contribution is 7.91. The fraction of sp³-hybridized carbons (Fsp3) is 0.933. The Morgan fingerprint density at radius 1 is 1.19 bits per heavy atom. The summed E-state index contributed by atoms with van der Waals surface area (Å²) >= 11 is 0. The molecule has 1 unspecified atom stereocenters. The van der Waals surface area contributed by atoms with Crippen LogP contribution in [-0.2, 0) is 14.6 Å². The van der Waals surface area contributed by atoms with Gasteiger partial charge in [0.15, 0.2) is 9.84 Å². The Kier molecular flexibility index (Phi) is 8.26. The van der Waals surface area contributed by atoms with Crippen LogP contribution in [0.2, 0.25) is 0 Å². The van der Waals surface area contributed by atoms with Gasteiger partial charge in [0.2, 0.25) is 5.91 Å². The van der Waals surface area contributed by atoms with Crippen LogP contribution in [-0.4, -0.2) is 49.9 Å². The fourth-order valence-corrected chi connectivity index (χ4v) is 4.51. The minimum absolute atomic E-state index is 0.0990. The summed E-state index contributed by atoms with van der Waals surface area (Å²) in [6.45, 7) is 3.48. The average Bonchev–Trinajstić information content (AvgIpc) is 2.79. The molecule has 1 heterocycles. The molecule has 1 aliphatic heterocycles. The van der Waals surface area contributed by atoms with Gasteiger partial charge in [-0.2, -0.15) is 0 Å². The zero-order valence-electron chi connectivity index (χ0n) is 13.2. The van der Waals surface area contributed by atoms with E-state index >= 15 is 0 Å². The molecule has 0 aromatic carbocycles. The third-order valence-electron chi connectivity index (χ3n) is 4.07. The van der Waals surface area contributed by atoms with E-state index in [0.717, 1.165) is 38.5 Å². The van der Waals surface area contributed by atoms with Crippen LogP contribution in [0.25, 0.3) is 0 Å². The predicted molar refractivity (Wildman–Crippen MR) is 85.8 cm³/mol. The SMILES string of the molecule is CCCCN(C(=O)CCCCCCN)C1CCS(=O)(=O)C1. The third kappa shape index (κ3) is 6.78. The molecular formula is C15H30N2O3S. The van der Waals surface area contributed by atoms with Crippen molar-refractivity contribution in [3.05, 3.63) is 0 Å². The van der Waals surface area contributed by atoms with Gasteiger partial charge in [-0.3, -0.25) is 4.79 Å². The van der Waals surface area contributed by atoms with Gasteiger partial charge < -0.3 is 10.6 Å². The number of unbranched alkanes of at least 4 members (excludes halogenated alkanes) is 4. The molecule has 0 aromatic rings. The van der Waals surface area contributed by atoms with Crippen LogP contribution >= 0.6 is 0 Å². The number of carbonyl (C=O) groups excluding carboxylic acids is 1. The van der Waals surface area contributed by atoms with E-state index < -0.39 is 9.84 Å². The Morgan fingerprint density at radius 2 is 1.90 bits per heavy atom. The number of amides is 1. The molecule has 1 amide bonds. The van der Waals surface area contributed by atoms with Crippen molar-refractivity contribution in [1.29, 1.82) is 0 Å². The second kappa shape index (κ2) is 9.41. The Labute approximate surface area is 129 Å². The predicted octanol–water partition coefficient (Wildman–Crippen LogP) is 1.71. The summed E-state index contributed by atoms with van der Waals surface area (Å²) in [5.41, 5.74) is 5.45. The molecule has 5 nitrogen and oxygen atoms in total. The van der Waals surface area contributed by atoms with Gasteiger partial charge in [0, 0.05) is 19.0 Å². The number of carbonyl (C=O) groups is 1. The highest BCUT2D eigenvalue weighted by Crippen LogP contribution is 2.20. The molecule has 0 saturated carbocycles. The Bertz CT molecular complexity index is 409. The van der Waals surface area contributed by atoms with E-state index in [1.54, 1.807) is 0 Å². The average molecular weight is 318 g/mol. The van der Waals surface area contributed by atoms with Crippen molar-refractivity contribution in [2.45, 2.75) is 64.3 Å². The normalized spacial score (nSPS) is 20.6. The van der Waals surface area contributed by atoms with Gasteiger partial charge in [-0.05, 0) is 32.2 Å². The molecule has 1 aliphatic rings. The summed E-state index contributed by atoms with van der Waals surface area (Å²) in [6.07, 6.45) is 7.06. The number of sulfone groups is 1. The third-order valence-corrected chi connectivity index (χ3v) is 5.82. The summed E-state index contributed by atoms with van der Waals surface area (Å²) in [5.74, 6) is 0.498. The van der Waals surface area contributed by atoms with Crippen molar-refractivity contribution in [3.8, 4) is 0 Å². The molecule has 1 saturated heterocycles. The molecule has 6 heteroatoms. The molecular weight excluding hydrogens is 288 g/mol. The van der Waals surface area contributed by atoms with Gasteiger partial charge in [-0.1, -0.05) is 26.2 Å². The second-order valence-electron chi connectivity index (χ2n) is 5.95. The first-order chi connectivity index (χ1) is 10.00. The summed E-state index contributed by atoms with van der Waals surface area (Å²) in [4.78, 5) is 14.2. The topological polar surface area (TPSA) is 80.5 Å².